The number of Topliss-reactive ketones (excluding diaryl/α,β-unsaturated/α-hetero) is 1. The summed E-state index contributed by atoms with van der Waals surface area (Å²) < 4.78 is 0. The first-order valence-electron chi connectivity index (χ1n) is 7.15. The third-order valence-electron chi connectivity index (χ3n) is 3.68. The summed E-state index contributed by atoms with van der Waals surface area (Å²) in [5.41, 5.74) is 2.54. The number of hydrogen-bond acceptors (Lipinski definition) is 2. The van der Waals surface area contributed by atoms with Gasteiger partial charge in [0.25, 0.3) is 0 Å². The van der Waals surface area contributed by atoms with Gasteiger partial charge in [-0.1, -0.05) is 56.0 Å². The fourth-order valence-corrected chi connectivity index (χ4v) is 2.29. The molecule has 2 rings (SSSR count). The van der Waals surface area contributed by atoms with Crippen molar-refractivity contribution in [2.45, 2.75) is 19.8 Å². The van der Waals surface area contributed by atoms with Gasteiger partial charge in [-0.25, -0.2) is 0 Å². The first-order chi connectivity index (χ1) is 10.1. The van der Waals surface area contributed by atoms with Gasteiger partial charge >= 0.3 is 0 Å². The highest BCUT2D eigenvalue weighted by Gasteiger charge is 2.18. The first kappa shape index (κ1) is 15.0. The van der Waals surface area contributed by atoms with E-state index in [4.69, 9.17) is 0 Å². The van der Waals surface area contributed by atoms with Gasteiger partial charge in [0.15, 0.2) is 5.78 Å². The molecule has 0 aliphatic rings. The zero-order chi connectivity index (χ0) is 15.2. The molecule has 0 aromatic heterocycles. The third-order valence-corrected chi connectivity index (χ3v) is 3.68. The van der Waals surface area contributed by atoms with Crippen molar-refractivity contribution >= 4 is 11.4 Å². The highest BCUT2D eigenvalue weighted by Crippen LogP contribution is 2.25. The molecule has 1 N–H and O–H groups in total. The number of allylic oxidation sites excluding steroid dienone is 1. The predicted octanol–water partition coefficient (Wildman–Crippen LogP) is 4.70. The van der Waals surface area contributed by atoms with Gasteiger partial charge < -0.3 is 5.11 Å². The van der Waals surface area contributed by atoms with E-state index in [1.165, 1.54) is 0 Å². The molecule has 0 saturated heterocycles. The maximum Gasteiger partial charge on any atom is 0.169 e. The zero-order valence-corrected chi connectivity index (χ0v) is 12.3. The molecule has 1 atom stereocenters. The Morgan fingerprint density at radius 3 is 2.38 bits per heavy atom. The van der Waals surface area contributed by atoms with Crippen LogP contribution in [0.4, 0.5) is 0 Å². The molecular weight excluding hydrogens is 260 g/mol. The second kappa shape index (κ2) is 6.89. The Kier molecular flexibility index (Phi) is 4.94. The maximum absolute atomic E-state index is 12.3. The Morgan fingerprint density at radius 2 is 1.71 bits per heavy atom. The monoisotopic (exact) mass is 280 g/mol. The van der Waals surface area contributed by atoms with Crippen molar-refractivity contribution in [3.8, 4) is 5.75 Å². The van der Waals surface area contributed by atoms with E-state index in [-0.39, 0.29) is 17.5 Å². The summed E-state index contributed by atoms with van der Waals surface area (Å²) in [6, 6.07) is 16.7. The van der Waals surface area contributed by atoms with Gasteiger partial charge in [-0.3, -0.25) is 4.79 Å². The van der Waals surface area contributed by atoms with Crippen molar-refractivity contribution < 1.29 is 9.90 Å². The molecule has 0 saturated carbocycles. The van der Waals surface area contributed by atoms with Crippen molar-refractivity contribution in [2.75, 3.05) is 0 Å². The third kappa shape index (κ3) is 3.82. The smallest absolute Gasteiger partial charge is 0.169 e. The SMILES string of the molecule is C=C(CCC(C)C(=O)c1ccccc1O)c1ccccc1. The molecule has 21 heavy (non-hydrogen) atoms. The van der Waals surface area contributed by atoms with Crippen molar-refractivity contribution in [2.24, 2.45) is 5.92 Å². The molecule has 0 fully saturated rings. The van der Waals surface area contributed by atoms with E-state index >= 15 is 0 Å². The van der Waals surface area contributed by atoms with Crippen LogP contribution in [-0.4, -0.2) is 10.9 Å². The van der Waals surface area contributed by atoms with Gasteiger partial charge in [0.1, 0.15) is 5.75 Å². The standard InChI is InChI=1S/C19H20O2/c1-14(16-8-4-3-5-9-16)12-13-15(2)19(21)17-10-6-7-11-18(17)20/h3-11,15,20H,1,12-13H2,2H3. The molecule has 2 aromatic carbocycles. The van der Waals surface area contributed by atoms with Crippen molar-refractivity contribution in [3.05, 3.63) is 72.3 Å². The van der Waals surface area contributed by atoms with E-state index in [2.05, 4.69) is 6.58 Å². The van der Waals surface area contributed by atoms with Crippen molar-refractivity contribution in [1.29, 1.82) is 0 Å². The van der Waals surface area contributed by atoms with E-state index < -0.39 is 0 Å². The van der Waals surface area contributed by atoms with Crippen LogP contribution in [0.2, 0.25) is 0 Å². The number of phenols is 1. The molecule has 0 heterocycles. The average molecular weight is 280 g/mol. The Bertz CT molecular complexity index is 629. The summed E-state index contributed by atoms with van der Waals surface area (Å²) in [5.74, 6) is -0.107. The Morgan fingerprint density at radius 1 is 1.10 bits per heavy atom. The van der Waals surface area contributed by atoms with E-state index in [0.29, 0.717) is 5.56 Å². The Labute approximate surface area is 125 Å². The zero-order valence-electron chi connectivity index (χ0n) is 12.3. The number of carbonyl (C=O) groups excluding carboxylic acids is 1. The van der Waals surface area contributed by atoms with Crippen LogP contribution in [0.25, 0.3) is 5.57 Å². The molecule has 0 bridgehead atoms. The molecule has 0 spiro atoms. The number of phenolic OH excluding ortho intramolecular Hbond substituents is 1. The molecule has 2 nitrogen and oxygen atoms in total. The molecule has 0 radical (unpaired) electrons. The minimum absolute atomic E-state index is 0.0195. The van der Waals surface area contributed by atoms with Crippen LogP contribution < -0.4 is 0 Å². The number of aromatic hydroxyl groups is 1. The average Bonchev–Trinajstić information content (AvgIpc) is 2.53. The number of ketones is 1. The van der Waals surface area contributed by atoms with Crippen molar-refractivity contribution in [1.82, 2.24) is 0 Å². The molecule has 1 unspecified atom stereocenters. The topological polar surface area (TPSA) is 37.3 Å². The predicted molar refractivity (Wildman–Crippen MR) is 86.3 cm³/mol. The van der Waals surface area contributed by atoms with Gasteiger partial charge in [0.2, 0.25) is 0 Å². The quantitative estimate of drug-likeness (QED) is 0.778. The number of rotatable bonds is 6. The number of carbonyl (C=O) groups is 1. The van der Waals surface area contributed by atoms with E-state index in [1.54, 1.807) is 24.3 Å². The lowest BCUT2D eigenvalue weighted by Crippen LogP contribution is -2.11. The second-order valence-electron chi connectivity index (χ2n) is 5.29. The van der Waals surface area contributed by atoms with Gasteiger partial charge in [-0.2, -0.15) is 0 Å². The molecule has 0 aliphatic heterocycles. The van der Waals surface area contributed by atoms with Crippen LogP contribution in [0.5, 0.6) is 5.75 Å². The van der Waals surface area contributed by atoms with Crippen LogP contribution in [-0.2, 0) is 0 Å². The van der Waals surface area contributed by atoms with Crippen LogP contribution in [0, 0.1) is 5.92 Å². The summed E-state index contributed by atoms with van der Waals surface area (Å²) in [5, 5.41) is 9.75. The lowest BCUT2D eigenvalue weighted by atomic mass is 9.91. The molecule has 0 amide bonds. The lowest BCUT2D eigenvalue weighted by Gasteiger charge is -2.12. The molecule has 2 aromatic rings. The van der Waals surface area contributed by atoms with E-state index in [1.807, 2.05) is 37.3 Å². The number of hydrogen-bond donors (Lipinski definition) is 1. The summed E-state index contributed by atoms with van der Waals surface area (Å²) in [6.07, 6.45) is 1.49. The van der Waals surface area contributed by atoms with Crippen LogP contribution in [0.15, 0.2) is 61.2 Å². The highest BCUT2D eigenvalue weighted by molar-refractivity contribution is 6.00. The molecule has 2 heteroatoms. The van der Waals surface area contributed by atoms with Gasteiger partial charge in [-0.05, 0) is 36.1 Å². The minimum atomic E-state index is -0.140. The van der Waals surface area contributed by atoms with Crippen LogP contribution >= 0.6 is 0 Å². The second-order valence-corrected chi connectivity index (χ2v) is 5.29. The molecule has 0 aliphatic carbocycles. The maximum atomic E-state index is 12.3. The van der Waals surface area contributed by atoms with Gasteiger partial charge in [0, 0.05) is 5.92 Å². The minimum Gasteiger partial charge on any atom is -0.507 e. The van der Waals surface area contributed by atoms with Crippen LogP contribution in [0.1, 0.15) is 35.7 Å². The summed E-state index contributed by atoms with van der Waals surface area (Å²) >= 11 is 0. The molecule has 108 valence electrons. The lowest BCUT2D eigenvalue weighted by molar-refractivity contribution is 0.0922. The summed E-state index contributed by atoms with van der Waals surface area (Å²) in [4.78, 5) is 12.3. The number of para-hydroxylation sites is 1. The first-order valence-corrected chi connectivity index (χ1v) is 7.15. The fraction of sp³-hybridized carbons (Fsp3) is 0.211. The van der Waals surface area contributed by atoms with Crippen LogP contribution in [0.3, 0.4) is 0 Å². The van der Waals surface area contributed by atoms with E-state index in [0.717, 1.165) is 24.0 Å². The van der Waals surface area contributed by atoms with Crippen molar-refractivity contribution in [3.63, 3.8) is 0 Å². The molecular formula is C19H20O2. The Hall–Kier alpha value is -2.35. The number of benzene rings is 2. The summed E-state index contributed by atoms with van der Waals surface area (Å²) in [6.45, 7) is 5.98. The summed E-state index contributed by atoms with van der Waals surface area (Å²) in [7, 11) is 0. The van der Waals surface area contributed by atoms with Gasteiger partial charge in [0.05, 0.1) is 5.56 Å². The fourth-order valence-electron chi connectivity index (χ4n) is 2.29. The normalized spacial score (nSPS) is 11.9. The largest absolute Gasteiger partial charge is 0.507 e. The van der Waals surface area contributed by atoms with E-state index in [9.17, 15) is 9.90 Å². The van der Waals surface area contributed by atoms with Gasteiger partial charge in [-0.15, -0.1) is 0 Å². The highest BCUT2D eigenvalue weighted by atomic mass is 16.3. The Balaban J connectivity index is 1.96.